The highest BCUT2D eigenvalue weighted by Crippen LogP contribution is 2.23. The fraction of sp³-hybridized carbons (Fsp3) is 0.227. The van der Waals surface area contributed by atoms with Crippen LogP contribution in [-0.4, -0.2) is 30.5 Å². The van der Waals surface area contributed by atoms with E-state index in [1.54, 1.807) is 24.3 Å². The third-order valence-corrected chi connectivity index (χ3v) is 6.80. The van der Waals surface area contributed by atoms with Gasteiger partial charge in [0.05, 0.1) is 16.3 Å². The Balaban J connectivity index is 1.51. The van der Waals surface area contributed by atoms with E-state index >= 15 is 0 Å². The van der Waals surface area contributed by atoms with Gasteiger partial charge in [0.15, 0.2) is 15.7 Å². The van der Waals surface area contributed by atoms with Crippen LogP contribution in [0, 0.1) is 11.6 Å². The Morgan fingerprint density at radius 3 is 2.30 bits per heavy atom. The van der Waals surface area contributed by atoms with Crippen molar-refractivity contribution in [3.63, 3.8) is 0 Å². The molecule has 3 aromatic rings. The van der Waals surface area contributed by atoms with Gasteiger partial charge in [-0.25, -0.2) is 32.0 Å². The van der Waals surface area contributed by atoms with Crippen molar-refractivity contribution in [2.45, 2.75) is 36.0 Å². The molecular weight excluding hydrogens is 452 g/mol. The molecule has 1 aliphatic rings. The number of nitrogens with two attached hydrogens (primary N) is 1. The molecule has 33 heavy (non-hydrogen) atoms. The van der Waals surface area contributed by atoms with E-state index in [0.717, 1.165) is 31.4 Å². The third-order valence-electron chi connectivity index (χ3n) is 5.17. The van der Waals surface area contributed by atoms with Crippen LogP contribution < -0.4 is 16.4 Å². The smallest absolute Gasteiger partial charge is 0.319 e. The van der Waals surface area contributed by atoms with Gasteiger partial charge in [0.2, 0.25) is 0 Å². The number of rotatable bonds is 6. The van der Waals surface area contributed by atoms with Crippen LogP contribution in [0.5, 0.6) is 0 Å². The Bertz CT molecular complexity index is 1280. The summed E-state index contributed by atoms with van der Waals surface area (Å²) in [6.07, 6.45) is 3.07. The molecule has 0 aliphatic heterocycles. The average Bonchev–Trinajstić information content (AvgIpc) is 2.70. The van der Waals surface area contributed by atoms with E-state index in [9.17, 15) is 22.0 Å². The molecule has 1 heterocycles. The fourth-order valence-electron chi connectivity index (χ4n) is 3.32. The monoisotopic (exact) mass is 473 g/mol. The molecule has 0 atom stereocenters. The van der Waals surface area contributed by atoms with Crippen LogP contribution in [0.2, 0.25) is 0 Å². The predicted octanol–water partition coefficient (Wildman–Crippen LogP) is 3.65. The molecule has 0 spiro atoms. The summed E-state index contributed by atoms with van der Waals surface area (Å²) >= 11 is 0. The molecule has 172 valence electrons. The first-order chi connectivity index (χ1) is 15.7. The van der Waals surface area contributed by atoms with E-state index in [4.69, 9.17) is 5.73 Å². The zero-order valence-corrected chi connectivity index (χ0v) is 18.2. The zero-order chi connectivity index (χ0) is 23.6. The Morgan fingerprint density at radius 1 is 1.03 bits per heavy atom. The number of carbonyl (C=O) groups is 1. The number of nitrogens with zero attached hydrogens (tertiary/aromatic N) is 2. The van der Waals surface area contributed by atoms with Crippen molar-refractivity contribution in [2.24, 2.45) is 0 Å². The quantitative estimate of drug-likeness (QED) is 0.502. The molecule has 1 saturated carbocycles. The maximum absolute atomic E-state index is 13.5. The highest BCUT2D eigenvalue weighted by Gasteiger charge is 2.21. The molecule has 8 nitrogen and oxygen atoms in total. The van der Waals surface area contributed by atoms with E-state index < -0.39 is 32.1 Å². The molecule has 2 amide bonds. The first-order valence-corrected chi connectivity index (χ1v) is 11.8. The minimum atomic E-state index is -4.08. The Morgan fingerprint density at radius 2 is 1.70 bits per heavy atom. The van der Waals surface area contributed by atoms with Gasteiger partial charge >= 0.3 is 6.03 Å². The number of carbonyl (C=O) groups excluding carboxylic acids is 1. The number of halogens is 2. The van der Waals surface area contributed by atoms with E-state index in [0.29, 0.717) is 17.3 Å². The number of nitrogen functional groups attached to an aromatic ring is 1. The highest BCUT2D eigenvalue weighted by atomic mass is 32.2. The highest BCUT2D eigenvalue weighted by molar-refractivity contribution is 7.90. The molecule has 0 bridgehead atoms. The summed E-state index contributed by atoms with van der Waals surface area (Å²) in [4.78, 5) is 19.9. The fourth-order valence-corrected chi connectivity index (χ4v) is 4.60. The average molecular weight is 474 g/mol. The topological polar surface area (TPSA) is 127 Å². The van der Waals surface area contributed by atoms with Crippen molar-refractivity contribution < 1.29 is 22.0 Å². The normalized spacial score (nSPS) is 13.9. The van der Waals surface area contributed by atoms with Gasteiger partial charge in [-0.05, 0) is 55.7 Å². The Kier molecular flexibility index (Phi) is 6.23. The van der Waals surface area contributed by atoms with Gasteiger partial charge in [0.25, 0.3) is 0 Å². The Labute approximate surface area is 189 Å². The number of nitrogens with one attached hydrogen (secondary N) is 2. The first kappa shape index (κ1) is 22.6. The molecule has 1 aromatic heterocycles. The van der Waals surface area contributed by atoms with E-state index in [1.165, 1.54) is 6.07 Å². The van der Waals surface area contributed by atoms with Gasteiger partial charge in [0, 0.05) is 29.4 Å². The molecular formula is C22H21F2N5O3S. The second kappa shape index (κ2) is 9.10. The molecule has 0 unspecified atom stereocenters. The van der Waals surface area contributed by atoms with Crippen LogP contribution in [0.25, 0.3) is 11.4 Å². The minimum Gasteiger partial charge on any atom is -0.384 e. The molecule has 2 aromatic carbocycles. The lowest BCUT2D eigenvalue weighted by molar-refractivity contribution is 0.240. The zero-order valence-electron chi connectivity index (χ0n) is 17.4. The number of benzene rings is 2. The lowest BCUT2D eigenvalue weighted by Crippen LogP contribution is -2.41. The molecule has 0 saturated heterocycles. The van der Waals surface area contributed by atoms with Crippen molar-refractivity contribution in [1.29, 1.82) is 0 Å². The third kappa shape index (κ3) is 5.61. The minimum absolute atomic E-state index is 0.0395. The van der Waals surface area contributed by atoms with Crippen LogP contribution in [0.4, 0.5) is 25.1 Å². The second-order valence-corrected chi connectivity index (χ2v) is 9.77. The predicted molar refractivity (Wildman–Crippen MR) is 119 cm³/mol. The van der Waals surface area contributed by atoms with Gasteiger partial charge in [-0.3, -0.25) is 0 Å². The van der Waals surface area contributed by atoms with Crippen LogP contribution in [0.3, 0.4) is 0 Å². The number of aromatic nitrogens is 2. The van der Waals surface area contributed by atoms with Crippen LogP contribution in [0.1, 0.15) is 25.0 Å². The standard InChI is InChI=1S/C22H21F2N5O3S/c23-14-8-15(24)10-19(9-14)33(31,32)12-18-11-20(25)29-21(26-18)13-4-6-17(7-5-13)28-22(30)27-16-2-1-3-16/h4-11,16H,1-3,12H2,(H2,25,26,29)(H2,27,28,30). The number of hydrogen-bond donors (Lipinski definition) is 3. The lowest BCUT2D eigenvalue weighted by atomic mass is 9.93. The number of anilines is 2. The first-order valence-electron chi connectivity index (χ1n) is 10.2. The summed E-state index contributed by atoms with van der Waals surface area (Å²) in [5, 5.41) is 5.62. The van der Waals surface area contributed by atoms with Gasteiger partial charge in [-0.2, -0.15) is 0 Å². The molecule has 4 rings (SSSR count). The van der Waals surface area contributed by atoms with Crippen molar-refractivity contribution >= 4 is 27.4 Å². The number of urea groups is 1. The summed E-state index contributed by atoms with van der Waals surface area (Å²) < 4.78 is 52.2. The Hall–Kier alpha value is -3.60. The summed E-state index contributed by atoms with van der Waals surface area (Å²) in [5.41, 5.74) is 7.01. The largest absolute Gasteiger partial charge is 0.384 e. The summed E-state index contributed by atoms with van der Waals surface area (Å²) in [6, 6.07) is 9.95. The van der Waals surface area contributed by atoms with Crippen molar-refractivity contribution in [3.8, 4) is 11.4 Å². The van der Waals surface area contributed by atoms with Crippen LogP contribution in [-0.2, 0) is 15.6 Å². The lowest BCUT2D eigenvalue weighted by Gasteiger charge is -2.26. The van der Waals surface area contributed by atoms with Gasteiger partial charge in [-0.15, -0.1) is 0 Å². The van der Waals surface area contributed by atoms with E-state index in [1.807, 2.05) is 0 Å². The van der Waals surface area contributed by atoms with Gasteiger partial charge in [0.1, 0.15) is 17.5 Å². The van der Waals surface area contributed by atoms with E-state index in [2.05, 4.69) is 20.6 Å². The molecule has 0 radical (unpaired) electrons. The molecule has 1 aliphatic carbocycles. The van der Waals surface area contributed by atoms with Gasteiger partial charge in [-0.1, -0.05) is 0 Å². The second-order valence-electron chi connectivity index (χ2n) is 7.78. The van der Waals surface area contributed by atoms with Crippen molar-refractivity contribution in [3.05, 3.63) is 65.9 Å². The molecule has 4 N–H and O–H groups in total. The van der Waals surface area contributed by atoms with Crippen LogP contribution in [0.15, 0.2) is 53.4 Å². The summed E-state index contributed by atoms with van der Waals surface area (Å²) in [6.45, 7) is 0. The molecule has 1 fully saturated rings. The van der Waals surface area contributed by atoms with Crippen LogP contribution >= 0.6 is 0 Å². The number of amides is 2. The maximum atomic E-state index is 13.5. The summed E-state index contributed by atoms with van der Waals surface area (Å²) in [7, 11) is -4.08. The van der Waals surface area contributed by atoms with E-state index in [-0.39, 0.29) is 29.4 Å². The number of hydrogen-bond acceptors (Lipinski definition) is 6. The maximum Gasteiger partial charge on any atom is 0.319 e. The molecule has 11 heteroatoms. The number of sulfone groups is 1. The SMILES string of the molecule is Nc1cc(CS(=O)(=O)c2cc(F)cc(F)c2)nc(-c2ccc(NC(=O)NC3CCC3)cc2)n1. The van der Waals surface area contributed by atoms with Crippen molar-refractivity contribution in [2.75, 3.05) is 11.1 Å². The summed E-state index contributed by atoms with van der Waals surface area (Å²) in [5.74, 6) is -2.39. The van der Waals surface area contributed by atoms with Gasteiger partial charge < -0.3 is 16.4 Å². The van der Waals surface area contributed by atoms with Crippen molar-refractivity contribution in [1.82, 2.24) is 15.3 Å².